The van der Waals surface area contributed by atoms with Gasteiger partial charge in [-0.05, 0) is 68.2 Å². The van der Waals surface area contributed by atoms with Gasteiger partial charge in [-0.25, -0.2) is 0 Å². The van der Waals surface area contributed by atoms with Crippen LogP contribution in [0.4, 0.5) is 18.9 Å². The Morgan fingerprint density at radius 3 is 2.58 bits per heavy atom. The summed E-state index contributed by atoms with van der Waals surface area (Å²) in [7, 11) is 0. The Kier molecular flexibility index (Phi) is 6.96. The Balaban J connectivity index is 1.36. The highest BCUT2D eigenvalue weighted by Crippen LogP contribution is 2.40. The molecule has 3 aliphatic heterocycles. The van der Waals surface area contributed by atoms with E-state index in [-0.39, 0.29) is 30.0 Å². The summed E-state index contributed by atoms with van der Waals surface area (Å²) in [5.74, 6) is -0.772. The molecule has 2 saturated heterocycles. The van der Waals surface area contributed by atoms with Crippen molar-refractivity contribution in [2.45, 2.75) is 37.9 Å². The topological polar surface area (TPSA) is 69.0 Å². The minimum absolute atomic E-state index is 0.183. The fourth-order valence-corrected chi connectivity index (χ4v) is 5.69. The number of likely N-dealkylation sites (tertiary alicyclic amines) is 1. The molecule has 0 aliphatic carbocycles. The molecule has 0 spiro atoms. The van der Waals surface area contributed by atoms with E-state index < -0.39 is 17.7 Å². The number of hydrogen-bond donors (Lipinski definition) is 1. The van der Waals surface area contributed by atoms with Crippen molar-refractivity contribution < 1.29 is 27.2 Å². The number of furan rings is 1. The van der Waals surface area contributed by atoms with Crippen LogP contribution in [0.1, 0.15) is 40.9 Å². The number of anilines is 1. The van der Waals surface area contributed by atoms with Crippen molar-refractivity contribution in [1.82, 2.24) is 15.1 Å². The largest absolute Gasteiger partial charge is 0.459 e. The number of rotatable bonds is 5. The van der Waals surface area contributed by atoms with Gasteiger partial charge in [-0.3, -0.25) is 9.59 Å². The lowest BCUT2D eigenvalue weighted by molar-refractivity contribution is -0.137. The van der Waals surface area contributed by atoms with Gasteiger partial charge in [-0.15, -0.1) is 0 Å². The second-order valence-electron chi connectivity index (χ2n) is 9.83. The zero-order valence-corrected chi connectivity index (χ0v) is 20.1. The van der Waals surface area contributed by atoms with E-state index in [0.717, 1.165) is 38.5 Å². The number of piperazine rings is 1. The molecule has 2 atom stereocenters. The van der Waals surface area contributed by atoms with Crippen molar-refractivity contribution in [3.8, 4) is 0 Å². The van der Waals surface area contributed by atoms with Crippen molar-refractivity contribution in [1.29, 1.82) is 0 Å². The van der Waals surface area contributed by atoms with Crippen molar-refractivity contribution in [3.05, 3.63) is 53.5 Å². The van der Waals surface area contributed by atoms with E-state index in [0.29, 0.717) is 37.4 Å². The van der Waals surface area contributed by atoms with Crippen LogP contribution in [0.25, 0.3) is 0 Å². The Bertz CT molecular complexity index is 1080. The molecule has 1 aromatic heterocycles. The van der Waals surface area contributed by atoms with Gasteiger partial charge in [0, 0.05) is 38.4 Å². The lowest BCUT2D eigenvalue weighted by atomic mass is 9.82. The number of piperidine rings is 1. The SMILES string of the molecule is O=C(NCCN1CCCCC1)[C@H]1Cc2cc(C(F)(F)F)ccc2N2CCN(C(=O)c3ccco3)C[C@@H]12. The van der Waals surface area contributed by atoms with Crippen LogP contribution < -0.4 is 10.2 Å². The van der Waals surface area contributed by atoms with Crippen molar-refractivity contribution in [3.63, 3.8) is 0 Å². The molecule has 7 nitrogen and oxygen atoms in total. The van der Waals surface area contributed by atoms with E-state index in [2.05, 4.69) is 10.2 Å². The maximum absolute atomic E-state index is 13.4. The summed E-state index contributed by atoms with van der Waals surface area (Å²) in [5, 5.41) is 3.03. The summed E-state index contributed by atoms with van der Waals surface area (Å²) >= 11 is 0. The molecule has 0 radical (unpaired) electrons. The van der Waals surface area contributed by atoms with Gasteiger partial charge in [0.1, 0.15) is 0 Å². The number of carbonyl (C=O) groups excluding carboxylic acids is 2. The predicted molar refractivity (Wildman–Crippen MR) is 128 cm³/mol. The van der Waals surface area contributed by atoms with E-state index in [1.165, 1.54) is 24.8 Å². The van der Waals surface area contributed by atoms with Gasteiger partial charge < -0.3 is 24.4 Å². The second-order valence-corrected chi connectivity index (χ2v) is 9.83. The first-order chi connectivity index (χ1) is 17.3. The van der Waals surface area contributed by atoms with Gasteiger partial charge in [0.25, 0.3) is 5.91 Å². The number of fused-ring (bicyclic) bond motifs is 3. The monoisotopic (exact) mass is 504 g/mol. The fourth-order valence-electron chi connectivity index (χ4n) is 5.69. The van der Waals surface area contributed by atoms with Gasteiger partial charge in [0.2, 0.25) is 5.91 Å². The predicted octanol–water partition coefficient (Wildman–Crippen LogP) is 3.40. The number of alkyl halides is 3. The van der Waals surface area contributed by atoms with Gasteiger partial charge in [0.15, 0.2) is 5.76 Å². The van der Waals surface area contributed by atoms with E-state index in [1.807, 2.05) is 4.90 Å². The molecule has 4 heterocycles. The van der Waals surface area contributed by atoms with Gasteiger partial charge in [-0.2, -0.15) is 13.2 Å². The summed E-state index contributed by atoms with van der Waals surface area (Å²) in [4.78, 5) is 32.3. The minimum Gasteiger partial charge on any atom is -0.459 e. The van der Waals surface area contributed by atoms with E-state index >= 15 is 0 Å². The Hall–Kier alpha value is -3.01. The number of hydrogen-bond acceptors (Lipinski definition) is 5. The molecule has 5 rings (SSSR count). The summed E-state index contributed by atoms with van der Waals surface area (Å²) in [6.45, 7) is 4.40. The number of benzene rings is 1. The second kappa shape index (κ2) is 10.2. The molecular formula is C26H31F3N4O3. The van der Waals surface area contributed by atoms with Crippen molar-refractivity contribution in [2.75, 3.05) is 50.7 Å². The molecule has 36 heavy (non-hydrogen) atoms. The molecule has 2 aromatic rings. The van der Waals surface area contributed by atoms with Crippen LogP contribution in [-0.2, 0) is 17.4 Å². The van der Waals surface area contributed by atoms with Gasteiger partial charge >= 0.3 is 6.18 Å². The Morgan fingerprint density at radius 2 is 1.86 bits per heavy atom. The molecule has 3 aliphatic rings. The third-order valence-electron chi connectivity index (χ3n) is 7.57. The first-order valence-electron chi connectivity index (χ1n) is 12.6. The zero-order chi connectivity index (χ0) is 25.3. The molecular weight excluding hydrogens is 473 g/mol. The maximum Gasteiger partial charge on any atom is 0.416 e. The highest BCUT2D eigenvalue weighted by molar-refractivity contribution is 5.92. The molecule has 2 amide bonds. The highest BCUT2D eigenvalue weighted by atomic mass is 19.4. The smallest absolute Gasteiger partial charge is 0.416 e. The summed E-state index contributed by atoms with van der Waals surface area (Å²) in [5.41, 5.74) is 0.508. The third kappa shape index (κ3) is 5.09. The fraction of sp³-hybridized carbons (Fsp3) is 0.538. The number of carbonyl (C=O) groups is 2. The quantitative estimate of drug-likeness (QED) is 0.676. The molecule has 10 heteroatoms. The molecule has 0 unspecified atom stereocenters. The van der Waals surface area contributed by atoms with Crippen LogP contribution in [0, 0.1) is 5.92 Å². The standard InChI is InChI=1S/C26H31F3N4O3/c27-26(28,29)19-6-7-21-18(15-19)16-20(24(34)30-8-11-31-9-2-1-3-10-31)22-17-32(12-13-33(21)22)25(35)23-5-4-14-36-23/h4-7,14-15,20,22H,1-3,8-13,16-17H2,(H,30,34)/t20-,22-/m0/s1. The maximum atomic E-state index is 13.4. The lowest BCUT2D eigenvalue weighted by Crippen LogP contribution is -2.62. The van der Waals surface area contributed by atoms with Crippen LogP contribution in [0.2, 0.25) is 0 Å². The summed E-state index contributed by atoms with van der Waals surface area (Å²) in [6.07, 6.45) is 0.730. The van der Waals surface area contributed by atoms with Crippen LogP contribution in [0.5, 0.6) is 0 Å². The van der Waals surface area contributed by atoms with E-state index in [1.54, 1.807) is 17.0 Å². The van der Waals surface area contributed by atoms with Gasteiger partial charge in [-0.1, -0.05) is 6.42 Å². The molecule has 194 valence electrons. The zero-order valence-electron chi connectivity index (χ0n) is 20.1. The average molecular weight is 505 g/mol. The number of nitrogens with one attached hydrogen (secondary N) is 1. The van der Waals surface area contributed by atoms with Crippen LogP contribution in [0.15, 0.2) is 41.0 Å². The first kappa shape index (κ1) is 24.7. The molecule has 0 saturated carbocycles. The number of nitrogens with zero attached hydrogens (tertiary/aromatic N) is 3. The molecule has 0 bridgehead atoms. The van der Waals surface area contributed by atoms with Gasteiger partial charge in [0.05, 0.1) is 23.8 Å². The van der Waals surface area contributed by atoms with E-state index in [4.69, 9.17) is 4.42 Å². The first-order valence-corrected chi connectivity index (χ1v) is 12.6. The van der Waals surface area contributed by atoms with E-state index in [9.17, 15) is 22.8 Å². The van der Waals surface area contributed by atoms with Crippen LogP contribution in [-0.4, -0.2) is 73.5 Å². The van der Waals surface area contributed by atoms with Crippen LogP contribution in [0.3, 0.4) is 0 Å². The van der Waals surface area contributed by atoms with Crippen molar-refractivity contribution in [2.24, 2.45) is 5.92 Å². The normalized spacial score (nSPS) is 22.6. The lowest BCUT2D eigenvalue weighted by Gasteiger charge is -2.49. The van der Waals surface area contributed by atoms with Crippen molar-refractivity contribution >= 4 is 17.5 Å². The molecule has 1 N–H and O–H groups in total. The Morgan fingerprint density at radius 1 is 1.06 bits per heavy atom. The number of amides is 2. The average Bonchev–Trinajstić information content (AvgIpc) is 3.42. The highest BCUT2D eigenvalue weighted by Gasteiger charge is 2.43. The molecule has 1 aromatic carbocycles. The minimum atomic E-state index is -4.45. The van der Waals surface area contributed by atoms with Crippen LogP contribution >= 0.6 is 0 Å². The summed E-state index contributed by atoms with van der Waals surface area (Å²) in [6, 6.07) is 6.68. The summed E-state index contributed by atoms with van der Waals surface area (Å²) < 4.78 is 45.5. The Labute approximate surface area is 208 Å². The third-order valence-corrected chi connectivity index (χ3v) is 7.57. The number of halogens is 3. The molecule has 2 fully saturated rings.